The van der Waals surface area contributed by atoms with Gasteiger partial charge in [0.05, 0.1) is 0 Å². The van der Waals surface area contributed by atoms with Gasteiger partial charge in [-0.3, -0.25) is 4.79 Å². The molecule has 2 fully saturated rings. The number of hydrogen-bond donors (Lipinski definition) is 0. The summed E-state index contributed by atoms with van der Waals surface area (Å²) in [6, 6.07) is 0. The van der Waals surface area contributed by atoms with Crippen molar-refractivity contribution in [3.8, 4) is 0 Å². The zero-order valence-corrected chi connectivity index (χ0v) is 8.73. The molecule has 0 aromatic rings. The molecule has 0 saturated heterocycles. The van der Waals surface area contributed by atoms with Crippen LogP contribution in [-0.4, -0.2) is 5.78 Å². The molecule has 2 aliphatic carbocycles. The lowest BCUT2D eigenvalue weighted by atomic mass is 9.45. The average molecular weight is 199 g/mol. The summed E-state index contributed by atoms with van der Waals surface area (Å²) < 4.78 is 0. The van der Waals surface area contributed by atoms with Crippen molar-refractivity contribution in [2.24, 2.45) is 10.8 Å². The molecule has 1 nitrogen and oxygen atoms in total. The maximum absolute atomic E-state index is 11.6. The lowest BCUT2D eigenvalue weighted by Gasteiger charge is -2.59. The minimum absolute atomic E-state index is 0.0915. The van der Waals surface area contributed by atoms with Gasteiger partial charge in [0.15, 0.2) is 5.78 Å². The van der Waals surface area contributed by atoms with Crippen LogP contribution in [0.5, 0.6) is 0 Å². The molecule has 2 heteroatoms. The highest BCUT2D eigenvalue weighted by atomic mass is 35.5. The van der Waals surface area contributed by atoms with Gasteiger partial charge >= 0.3 is 0 Å². The Morgan fingerprint density at radius 1 is 1.38 bits per heavy atom. The molecule has 0 unspecified atom stereocenters. The Morgan fingerprint density at radius 2 is 2.00 bits per heavy atom. The molecule has 2 aliphatic rings. The summed E-state index contributed by atoms with van der Waals surface area (Å²) in [4.78, 5) is 11.6. The lowest BCUT2D eigenvalue weighted by Crippen LogP contribution is -2.52. The van der Waals surface area contributed by atoms with E-state index in [0.717, 1.165) is 12.8 Å². The number of rotatable bonds is 2. The van der Waals surface area contributed by atoms with E-state index < -0.39 is 0 Å². The van der Waals surface area contributed by atoms with Crippen LogP contribution in [0.2, 0.25) is 0 Å². The third-order valence-electron chi connectivity index (χ3n) is 3.75. The van der Waals surface area contributed by atoms with Gasteiger partial charge in [-0.1, -0.05) is 24.9 Å². The third-order valence-corrected chi connectivity index (χ3v) is 3.88. The van der Waals surface area contributed by atoms with Gasteiger partial charge in [0, 0.05) is 11.0 Å². The minimum atomic E-state index is -0.0915. The molecule has 13 heavy (non-hydrogen) atoms. The first-order valence-electron chi connectivity index (χ1n) is 4.92. The van der Waals surface area contributed by atoms with Crippen LogP contribution in [0, 0.1) is 10.8 Å². The zero-order valence-electron chi connectivity index (χ0n) is 7.98. The summed E-state index contributed by atoms with van der Waals surface area (Å²) in [6.07, 6.45) is 7.70. The van der Waals surface area contributed by atoms with Gasteiger partial charge in [-0.25, -0.2) is 0 Å². The van der Waals surface area contributed by atoms with Crippen molar-refractivity contribution in [3.63, 3.8) is 0 Å². The molecule has 2 rings (SSSR count). The second-order valence-electron chi connectivity index (χ2n) is 4.92. The third kappa shape index (κ3) is 1.34. The topological polar surface area (TPSA) is 17.1 Å². The van der Waals surface area contributed by atoms with Crippen molar-refractivity contribution in [3.05, 3.63) is 11.6 Å². The number of halogens is 1. The van der Waals surface area contributed by atoms with Crippen LogP contribution in [0.1, 0.15) is 39.0 Å². The van der Waals surface area contributed by atoms with Gasteiger partial charge in [0.25, 0.3) is 0 Å². The van der Waals surface area contributed by atoms with Gasteiger partial charge in [0.2, 0.25) is 0 Å². The Balaban J connectivity index is 1.98. The fraction of sp³-hybridized carbons (Fsp3) is 0.727. The van der Waals surface area contributed by atoms with Crippen LogP contribution in [0.25, 0.3) is 0 Å². The van der Waals surface area contributed by atoms with Crippen LogP contribution in [-0.2, 0) is 4.79 Å². The summed E-state index contributed by atoms with van der Waals surface area (Å²) in [5.41, 5.74) is 1.80. The molecule has 0 amide bonds. The highest BCUT2D eigenvalue weighted by Gasteiger charge is 2.56. The molecule has 0 aliphatic heterocycles. The summed E-state index contributed by atoms with van der Waals surface area (Å²) in [5.74, 6) is 0.208. The largest absolute Gasteiger partial charge is 0.294 e. The van der Waals surface area contributed by atoms with E-state index in [4.69, 9.17) is 11.6 Å². The first-order valence-corrected chi connectivity index (χ1v) is 5.35. The fourth-order valence-electron chi connectivity index (χ4n) is 3.07. The minimum Gasteiger partial charge on any atom is -0.294 e. The Morgan fingerprint density at radius 3 is 2.38 bits per heavy atom. The Bertz CT molecular complexity index is 255. The summed E-state index contributed by atoms with van der Waals surface area (Å²) in [6.45, 7) is 2.07. The molecule has 0 bridgehead atoms. The van der Waals surface area contributed by atoms with Crippen molar-refractivity contribution in [2.75, 3.05) is 0 Å². The Hall–Kier alpha value is -0.300. The first-order chi connectivity index (χ1) is 6.10. The van der Waals surface area contributed by atoms with E-state index in [1.807, 2.05) is 0 Å². The van der Waals surface area contributed by atoms with Crippen molar-refractivity contribution < 1.29 is 4.79 Å². The maximum Gasteiger partial charge on any atom is 0.162 e. The quantitative estimate of drug-likeness (QED) is 0.623. The number of hydrogen-bond acceptors (Lipinski definition) is 1. The molecule has 72 valence electrons. The van der Waals surface area contributed by atoms with E-state index >= 15 is 0 Å². The Labute approximate surface area is 84.2 Å². The second-order valence-corrected chi connectivity index (χ2v) is 5.18. The summed E-state index contributed by atoms with van der Waals surface area (Å²) >= 11 is 5.40. The SMILES string of the molecule is CC1(C(=O)C=CCl)CC2(CCC2)C1. The van der Waals surface area contributed by atoms with Crippen molar-refractivity contribution >= 4 is 17.4 Å². The van der Waals surface area contributed by atoms with Gasteiger partial charge in [-0.2, -0.15) is 0 Å². The van der Waals surface area contributed by atoms with Gasteiger partial charge in [-0.05, 0) is 37.2 Å². The second kappa shape index (κ2) is 2.84. The molecular formula is C11H15ClO. The normalized spacial score (nSPS) is 28.5. The van der Waals surface area contributed by atoms with E-state index in [0.29, 0.717) is 5.41 Å². The highest BCUT2D eigenvalue weighted by molar-refractivity contribution is 6.27. The predicted molar refractivity (Wildman–Crippen MR) is 53.6 cm³/mol. The predicted octanol–water partition coefficient (Wildman–Crippen LogP) is 3.28. The Kier molecular flexibility index (Phi) is 2.03. The summed E-state index contributed by atoms with van der Waals surface area (Å²) in [7, 11) is 0. The molecular weight excluding hydrogens is 184 g/mol. The van der Waals surface area contributed by atoms with Crippen LogP contribution < -0.4 is 0 Å². The van der Waals surface area contributed by atoms with E-state index in [2.05, 4.69) is 6.92 Å². The van der Waals surface area contributed by atoms with Gasteiger partial charge in [-0.15, -0.1) is 0 Å². The lowest BCUT2D eigenvalue weighted by molar-refractivity contribution is -0.145. The van der Waals surface area contributed by atoms with E-state index in [1.165, 1.54) is 30.9 Å². The maximum atomic E-state index is 11.6. The smallest absolute Gasteiger partial charge is 0.162 e. The monoisotopic (exact) mass is 198 g/mol. The van der Waals surface area contributed by atoms with Crippen molar-refractivity contribution in [1.29, 1.82) is 0 Å². The van der Waals surface area contributed by atoms with Crippen LogP contribution in [0.3, 0.4) is 0 Å². The molecule has 0 aromatic carbocycles. The number of ketones is 1. The number of carbonyl (C=O) groups excluding carboxylic acids is 1. The van der Waals surface area contributed by atoms with E-state index in [1.54, 1.807) is 0 Å². The molecule has 1 spiro atoms. The number of carbonyl (C=O) groups is 1. The molecule has 2 saturated carbocycles. The first kappa shape index (κ1) is 9.26. The van der Waals surface area contributed by atoms with Crippen LogP contribution in [0.15, 0.2) is 11.6 Å². The molecule has 0 aromatic heterocycles. The molecule has 0 atom stereocenters. The van der Waals surface area contributed by atoms with Gasteiger partial charge < -0.3 is 0 Å². The highest BCUT2D eigenvalue weighted by Crippen LogP contribution is 2.64. The van der Waals surface area contributed by atoms with Gasteiger partial charge in [0.1, 0.15) is 0 Å². The van der Waals surface area contributed by atoms with Crippen LogP contribution >= 0.6 is 11.6 Å². The van der Waals surface area contributed by atoms with Crippen LogP contribution in [0.4, 0.5) is 0 Å². The average Bonchev–Trinajstić information content (AvgIpc) is 1.95. The molecule has 0 heterocycles. The van der Waals surface area contributed by atoms with E-state index in [9.17, 15) is 4.79 Å². The van der Waals surface area contributed by atoms with Crippen molar-refractivity contribution in [1.82, 2.24) is 0 Å². The summed E-state index contributed by atoms with van der Waals surface area (Å²) in [5, 5.41) is 0. The van der Waals surface area contributed by atoms with Crippen molar-refractivity contribution in [2.45, 2.75) is 39.0 Å². The molecule has 0 radical (unpaired) electrons. The molecule has 0 N–H and O–H groups in total. The number of allylic oxidation sites excluding steroid dienone is 1. The van der Waals surface area contributed by atoms with E-state index in [-0.39, 0.29) is 11.2 Å². The standard InChI is InChI=1S/C11H15ClO/c1-10(9(13)3-6-12)7-11(8-10)4-2-5-11/h3,6H,2,4-5,7-8H2,1H3. The zero-order chi connectivity index (χ0) is 9.53. The fourth-order valence-corrected chi connectivity index (χ4v) is 3.18.